The van der Waals surface area contributed by atoms with Gasteiger partial charge in [-0.25, -0.2) is 19.9 Å². The van der Waals surface area contributed by atoms with Crippen LogP contribution in [0.4, 0.5) is 5.95 Å². The SMILES string of the molecule is O=C(c1ncccn1)N1CC(N2CCN(c3ncccn3)CC2)C1. The number of carbonyl (C=O) groups excluding carboxylic acids is 1. The Hall–Kier alpha value is -2.61. The summed E-state index contributed by atoms with van der Waals surface area (Å²) < 4.78 is 0. The standard InChI is InChI=1S/C16H19N7O/c24-15(14-17-3-1-4-18-14)23-11-13(12-23)21-7-9-22(10-8-21)16-19-5-2-6-20-16/h1-6,13H,7-12H2. The summed E-state index contributed by atoms with van der Waals surface area (Å²) in [6, 6.07) is 3.97. The van der Waals surface area contributed by atoms with Crippen LogP contribution in [0.3, 0.4) is 0 Å². The molecule has 2 aromatic rings. The molecule has 124 valence electrons. The zero-order chi connectivity index (χ0) is 16.4. The molecular weight excluding hydrogens is 306 g/mol. The first-order valence-electron chi connectivity index (χ1n) is 8.13. The lowest BCUT2D eigenvalue weighted by Crippen LogP contribution is -2.64. The highest BCUT2D eigenvalue weighted by atomic mass is 16.2. The van der Waals surface area contributed by atoms with Gasteiger partial charge in [-0.2, -0.15) is 0 Å². The largest absolute Gasteiger partial charge is 0.338 e. The fourth-order valence-electron chi connectivity index (χ4n) is 3.14. The molecule has 0 unspecified atom stereocenters. The van der Waals surface area contributed by atoms with Crippen LogP contribution in [0.2, 0.25) is 0 Å². The van der Waals surface area contributed by atoms with Crippen LogP contribution in [-0.2, 0) is 0 Å². The number of aromatic nitrogens is 4. The van der Waals surface area contributed by atoms with Crippen molar-refractivity contribution in [1.82, 2.24) is 29.7 Å². The second kappa shape index (κ2) is 6.48. The van der Waals surface area contributed by atoms with Gasteiger partial charge in [0.25, 0.3) is 5.91 Å². The number of hydrogen-bond donors (Lipinski definition) is 0. The third-order valence-electron chi connectivity index (χ3n) is 4.57. The zero-order valence-electron chi connectivity index (χ0n) is 13.3. The van der Waals surface area contributed by atoms with Crippen LogP contribution in [0.15, 0.2) is 36.9 Å². The molecule has 2 saturated heterocycles. The van der Waals surface area contributed by atoms with Crippen molar-refractivity contribution in [3.8, 4) is 0 Å². The Bertz CT molecular complexity index is 682. The molecule has 0 bridgehead atoms. The summed E-state index contributed by atoms with van der Waals surface area (Å²) in [5.74, 6) is 0.994. The van der Waals surface area contributed by atoms with Crippen LogP contribution in [-0.4, -0.2) is 81.0 Å². The third-order valence-corrected chi connectivity index (χ3v) is 4.57. The predicted molar refractivity (Wildman–Crippen MR) is 87.5 cm³/mol. The van der Waals surface area contributed by atoms with E-state index in [9.17, 15) is 4.79 Å². The first kappa shape index (κ1) is 14.9. The molecule has 2 aliphatic heterocycles. The fraction of sp³-hybridized carbons (Fsp3) is 0.438. The van der Waals surface area contributed by atoms with Crippen molar-refractivity contribution in [2.45, 2.75) is 6.04 Å². The van der Waals surface area contributed by atoms with E-state index in [-0.39, 0.29) is 11.7 Å². The average Bonchev–Trinajstić information content (AvgIpc) is 2.62. The van der Waals surface area contributed by atoms with Crippen molar-refractivity contribution in [3.05, 3.63) is 42.7 Å². The maximum Gasteiger partial charge on any atom is 0.291 e. The molecule has 0 radical (unpaired) electrons. The van der Waals surface area contributed by atoms with Gasteiger partial charge in [0.1, 0.15) is 0 Å². The maximum atomic E-state index is 12.2. The molecule has 1 amide bonds. The van der Waals surface area contributed by atoms with E-state index in [1.54, 1.807) is 30.9 Å². The Kier molecular flexibility index (Phi) is 4.04. The van der Waals surface area contributed by atoms with E-state index < -0.39 is 0 Å². The Labute approximate surface area is 140 Å². The summed E-state index contributed by atoms with van der Waals surface area (Å²) in [7, 11) is 0. The zero-order valence-corrected chi connectivity index (χ0v) is 13.3. The lowest BCUT2D eigenvalue weighted by Gasteiger charge is -2.47. The Morgan fingerprint density at radius 3 is 2.08 bits per heavy atom. The molecule has 0 saturated carbocycles. The monoisotopic (exact) mass is 325 g/mol. The second-order valence-corrected chi connectivity index (χ2v) is 6.01. The molecule has 0 aliphatic carbocycles. The van der Waals surface area contributed by atoms with Crippen molar-refractivity contribution in [1.29, 1.82) is 0 Å². The summed E-state index contributed by atoms with van der Waals surface area (Å²) in [4.78, 5) is 35.4. The summed E-state index contributed by atoms with van der Waals surface area (Å²) in [5, 5.41) is 0. The molecule has 0 aromatic carbocycles. The summed E-state index contributed by atoms with van der Waals surface area (Å²) in [5.41, 5.74) is 0. The molecule has 24 heavy (non-hydrogen) atoms. The Morgan fingerprint density at radius 2 is 1.46 bits per heavy atom. The maximum absolute atomic E-state index is 12.2. The van der Waals surface area contributed by atoms with Crippen molar-refractivity contribution < 1.29 is 4.79 Å². The molecule has 0 N–H and O–H groups in total. The van der Waals surface area contributed by atoms with Gasteiger partial charge in [-0.3, -0.25) is 9.69 Å². The average molecular weight is 325 g/mol. The topological polar surface area (TPSA) is 78.4 Å². The van der Waals surface area contributed by atoms with Crippen molar-refractivity contribution >= 4 is 11.9 Å². The lowest BCUT2D eigenvalue weighted by molar-refractivity contribution is 0.0236. The van der Waals surface area contributed by atoms with Crippen LogP contribution >= 0.6 is 0 Å². The quantitative estimate of drug-likeness (QED) is 0.780. The minimum absolute atomic E-state index is 0.0804. The van der Waals surface area contributed by atoms with Gasteiger partial charge in [0.05, 0.1) is 0 Å². The van der Waals surface area contributed by atoms with E-state index in [1.165, 1.54) is 0 Å². The van der Waals surface area contributed by atoms with Crippen molar-refractivity contribution in [2.24, 2.45) is 0 Å². The molecule has 0 spiro atoms. The second-order valence-electron chi connectivity index (χ2n) is 6.01. The van der Waals surface area contributed by atoms with E-state index in [0.717, 1.165) is 45.2 Å². The van der Waals surface area contributed by atoms with Gasteiger partial charge in [0.15, 0.2) is 0 Å². The molecule has 0 atom stereocenters. The number of piperazine rings is 1. The normalized spacial score (nSPS) is 19.2. The molecule has 8 heteroatoms. The molecule has 4 heterocycles. The first-order chi connectivity index (χ1) is 11.8. The van der Waals surface area contributed by atoms with E-state index in [0.29, 0.717) is 6.04 Å². The highest BCUT2D eigenvalue weighted by molar-refractivity contribution is 5.91. The minimum Gasteiger partial charge on any atom is -0.338 e. The molecule has 2 aromatic heterocycles. The lowest BCUT2D eigenvalue weighted by atomic mass is 10.1. The number of hydrogen-bond acceptors (Lipinski definition) is 7. The van der Waals surface area contributed by atoms with Crippen molar-refractivity contribution in [3.63, 3.8) is 0 Å². The molecule has 8 nitrogen and oxygen atoms in total. The minimum atomic E-state index is -0.0804. The van der Waals surface area contributed by atoms with Crippen molar-refractivity contribution in [2.75, 3.05) is 44.2 Å². The fourth-order valence-corrected chi connectivity index (χ4v) is 3.14. The van der Waals surface area contributed by atoms with E-state index in [2.05, 4.69) is 29.7 Å². The van der Waals surface area contributed by atoms with Crippen LogP contribution in [0.5, 0.6) is 0 Å². The number of anilines is 1. The molecular formula is C16H19N7O. The number of carbonyl (C=O) groups is 1. The van der Waals surface area contributed by atoms with Gasteiger partial charge in [0.2, 0.25) is 11.8 Å². The summed E-state index contributed by atoms with van der Waals surface area (Å²) in [6.07, 6.45) is 6.75. The highest BCUT2D eigenvalue weighted by Gasteiger charge is 2.37. The number of likely N-dealkylation sites (tertiary alicyclic amines) is 1. The van der Waals surface area contributed by atoms with Gasteiger partial charge in [0, 0.05) is 70.1 Å². The molecule has 2 aliphatic rings. The summed E-state index contributed by atoms with van der Waals surface area (Å²) in [6.45, 7) is 5.25. The number of nitrogens with zero attached hydrogens (tertiary/aromatic N) is 7. The van der Waals surface area contributed by atoms with E-state index >= 15 is 0 Å². The third kappa shape index (κ3) is 2.92. The van der Waals surface area contributed by atoms with Gasteiger partial charge in [-0.05, 0) is 12.1 Å². The number of rotatable bonds is 3. The van der Waals surface area contributed by atoms with Crippen LogP contribution in [0, 0.1) is 0 Å². The Morgan fingerprint density at radius 1 is 0.875 bits per heavy atom. The van der Waals surface area contributed by atoms with E-state index in [1.807, 2.05) is 11.0 Å². The smallest absolute Gasteiger partial charge is 0.291 e. The van der Waals surface area contributed by atoms with Gasteiger partial charge in [-0.1, -0.05) is 0 Å². The summed E-state index contributed by atoms with van der Waals surface area (Å²) >= 11 is 0. The van der Waals surface area contributed by atoms with Crippen LogP contribution < -0.4 is 4.90 Å². The highest BCUT2D eigenvalue weighted by Crippen LogP contribution is 2.19. The van der Waals surface area contributed by atoms with Gasteiger partial charge in [-0.15, -0.1) is 0 Å². The molecule has 4 rings (SSSR count). The predicted octanol–water partition coefficient (Wildman–Crippen LogP) is -0.0868. The van der Waals surface area contributed by atoms with Crippen LogP contribution in [0.1, 0.15) is 10.6 Å². The van der Waals surface area contributed by atoms with Crippen LogP contribution in [0.25, 0.3) is 0 Å². The van der Waals surface area contributed by atoms with E-state index in [4.69, 9.17) is 0 Å². The van der Waals surface area contributed by atoms with Gasteiger partial charge >= 0.3 is 0 Å². The number of amides is 1. The molecule has 2 fully saturated rings. The Balaban J connectivity index is 1.27. The first-order valence-corrected chi connectivity index (χ1v) is 8.13. The van der Waals surface area contributed by atoms with Gasteiger partial charge < -0.3 is 9.80 Å².